The van der Waals surface area contributed by atoms with Crippen LogP contribution in [0.3, 0.4) is 0 Å². The van der Waals surface area contributed by atoms with Gasteiger partial charge in [-0.1, -0.05) is 0 Å². The fourth-order valence-corrected chi connectivity index (χ4v) is 0.361. The molecule has 0 aromatic rings. The fraction of sp³-hybridized carbons (Fsp3) is 0.500. The SMILES string of the molecule is O=C(NOP(=O)(O)O)C(F)(F)F. The number of carbonyl (C=O) groups is 1. The van der Waals surface area contributed by atoms with Crippen molar-refractivity contribution in [3.8, 4) is 0 Å². The van der Waals surface area contributed by atoms with Gasteiger partial charge in [0.05, 0.1) is 0 Å². The molecule has 0 aliphatic heterocycles. The number of halogens is 3. The Hall–Kier alpha value is -0.630. The minimum atomic E-state index is -5.24. The fourth-order valence-electron chi connectivity index (χ4n) is 0.159. The third-order valence-electron chi connectivity index (χ3n) is 0.515. The Kier molecular flexibility index (Phi) is 3.22. The minimum Gasteiger partial charge on any atom is -0.301 e. The van der Waals surface area contributed by atoms with Crippen LogP contribution in [0.4, 0.5) is 13.2 Å². The largest absolute Gasteiger partial charge is 0.491 e. The van der Waals surface area contributed by atoms with E-state index in [4.69, 9.17) is 9.79 Å². The van der Waals surface area contributed by atoms with Crippen molar-refractivity contribution in [2.75, 3.05) is 0 Å². The zero-order valence-electron chi connectivity index (χ0n) is 5.20. The summed E-state index contributed by atoms with van der Waals surface area (Å²) in [6.45, 7) is 0. The first kappa shape index (κ1) is 11.4. The maximum atomic E-state index is 11.3. The topological polar surface area (TPSA) is 95.9 Å². The first-order valence-electron chi connectivity index (χ1n) is 2.24. The van der Waals surface area contributed by atoms with Crippen molar-refractivity contribution < 1.29 is 36.9 Å². The minimum absolute atomic E-state index is 0.535. The van der Waals surface area contributed by atoms with E-state index in [1.165, 1.54) is 0 Å². The number of nitrogens with one attached hydrogen (secondary N) is 1. The molecule has 3 N–H and O–H groups in total. The summed E-state index contributed by atoms with van der Waals surface area (Å²) >= 11 is 0. The van der Waals surface area contributed by atoms with Crippen molar-refractivity contribution in [2.24, 2.45) is 0 Å². The van der Waals surface area contributed by atoms with Gasteiger partial charge in [-0.3, -0.25) is 4.79 Å². The highest BCUT2D eigenvalue weighted by molar-refractivity contribution is 7.46. The molecule has 0 heterocycles. The van der Waals surface area contributed by atoms with Crippen molar-refractivity contribution >= 4 is 13.7 Å². The van der Waals surface area contributed by atoms with Gasteiger partial charge in [-0.05, 0) is 0 Å². The Bertz CT molecular complexity index is 219. The van der Waals surface area contributed by atoms with Gasteiger partial charge in [0.25, 0.3) is 0 Å². The Morgan fingerprint density at radius 3 is 2.08 bits per heavy atom. The lowest BCUT2D eigenvalue weighted by molar-refractivity contribution is -0.181. The smallest absolute Gasteiger partial charge is 0.301 e. The second kappa shape index (κ2) is 3.40. The van der Waals surface area contributed by atoms with Crippen molar-refractivity contribution in [2.45, 2.75) is 6.18 Å². The van der Waals surface area contributed by atoms with Crippen molar-refractivity contribution in [3.63, 3.8) is 0 Å². The maximum Gasteiger partial charge on any atom is 0.491 e. The molecule has 72 valence electrons. The van der Waals surface area contributed by atoms with Crippen LogP contribution in [0, 0.1) is 0 Å². The number of amides is 1. The van der Waals surface area contributed by atoms with E-state index in [1.54, 1.807) is 0 Å². The second-order valence-corrected chi connectivity index (χ2v) is 2.67. The Labute approximate surface area is 63.5 Å². The third kappa shape index (κ3) is 5.08. The van der Waals surface area contributed by atoms with Crippen LogP contribution in [0.15, 0.2) is 0 Å². The molecule has 1 amide bonds. The van der Waals surface area contributed by atoms with Crippen LogP contribution >= 0.6 is 7.82 Å². The molecule has 10 heteroatoms. The molecule has 0 unspecified atom stereocenters. The summed E-state index contributed by atoms with van der Waals surface area (Å²) in [4.78, 5) is 25.5. The van der Waals surface area contributed by atoms with Crippen LogP contribution in [0.1, 0.15) is 0 Å². The van der Waals surface area contributed by atoms with Crippen LogP contribution in [-0.4, -0.2) is 21.9 Å². The predicted molar refractivity (Wildman–Crippen MR) is 27.3 cm³/mol. The molecule has 0 saturated carbocycles. The van der Waals surface area contributed by atoms with Gasteiger partial charge in [0.15, 0.2) is 0 Å². The number of hydroxylamine groups is 1. The number of alkyl halides is 3. The number of carbonyl (C=O) groups excluding carboxylic acids is 1. The monoisotopic (exact) mass is 209 g/mol. The van der Waals surface area contributed by atoms with E-state index in [0.29, 0.717) is 5.48 Å². The summed E-state index contributed by atoms with van der Waals surface area (Å²) in [6.07, 6.45) is -5.24. The van der Waals surface area contributed by atoms with Gasteiger partial charge in [-0.15, -0.1) is 0 Å². The molecule has 0 rings (SSSR count). The number of hydrogen-bond donors (Lipinski definition) is 3. The molecule has 0 aliphatic carbocycles. The normalized spacial score (nSPS) is 12.8. The van der Waals surface area contributed by atoms with E-state index in [-0.39, 0.29) is 0 Å². The number of rotatable bonds is 2. The maximum absolute atomic E-state index is 11.3. The molecular weight excluding hydrogens is 206 g/mol. The summed E-state index contributed by atoms with van der Waals surface area (Å²) < 4.78 is 46.7. The van der Waals surface area contributed by atoms with E-state index >= 15 is 0 Å². The average Bonchev–Trinajstić information content (AvgIpc) is 1.78. The van der Waals surface area contributed by atoms with Gasteiger partial charge in [-0.2, -0.15) is 17.8 Å². The van der Waals surface area contributed by atoms with E-state index < -0.39 is 19.9 Å². The summed E-state index contributed by atoms with van der Waals surface area (Å²) in [7, 11) is -5.12. The van der Waals surface area contributed by atoms with Crippen LogP contribution in [-0.2, 0) is 14.0 Å². The van der Waals surface area contributed by atoms with Gasteiger partial charge in [0.1, 0.15) is 0 Å². The summed E-state index contributed by atoms with van der Waals surface area (Å²) in [5.74, 6) is -2.59. The second-order valence-electron chi connectivity index (χ2n) is 1.51. The summed E-state index contributed by atoms with van der Waals surface area (Å²) in [5, 5.41) is 0. The first-order chi connectivity index (χ1) is 5.13. The van der Waals surface area contributed by atoms with Gasteiger partial charge >= 0.3 is 19.9 Å². The zero-order valence-corrected chi connectivity index (χ0v) is 6.09. The van der Waals surface area contributed by atoms with E-state index in [0.717, 1.165) is 0 Å². The summed E-state index contributed by atoms with van der Waals surface area (Å²) in [6, 6.07) is 0. The van der Waals surface area contributed by atoms with Crippen LogP contribution in [0.5, 0.6) is 0 Å². The highest BCUT2D eigenvalue weighted by Crippen LogP contribution is 2.34. The molecular formula is C2H3F3NO5P. The van der Waals surface area contributed by atoms with Crippen LogP contribution < -0.4 is 5.48 Å². The number of phosphoric acid groups is 1. The lowest BCUT2D eigenvalue weighted by atomic mass is 10.6. The van der Waals surface area contributed by atoms with E-state index in [2.05, 4.69) is 4.62 Å². The van der Waals surface area contributed by atoms with Gasteiger partial charge in [0, 0.05) is 0 Å². The van der Waals surface area contributed by atoms with Crippen molar-refractivity contribution in [1.82, 2.24) is 5.48 Å². The molecule has 0 aliphatic rings. The molecule has 0 fully saturated rings. The lowest BCUT2D eigenvalue weighted by Crippen LogP contribution is -2.36. The van der Waals surface area contributed by atoms with Gasteiger partial charge in [-0.25, -0.2) is 10.0 Å². The van der Waals surface area contributed by atoms with Gasteiger partial charge in [0.2, 0.25) is 0 Å². The first-order valence-corrected chi connectivity index (χ1v) is 3.77. The van der Waals surface area contributed by atoms with Crippen LogP contribution in [0.25, 0.3) is 0 Å². The lowest BCUT2D eigenvalue weighted by Gasteiger charge is -2.07. The van der Waals surface area contributed by atoms with Gasteiger partial charge < -0.3 is 9.79 Å². The van der Waals surface area contributed by atoms with Crippen molar-refractivity contribution in [3.05, 3.63) is 0 Å². The number of hydrogen-bond acceptors (Lipinski definition) is 3. The summed E-state index contributed by atoms with van der Waals surface area (Å²) in [5.41, 5.74) is 0.535. The molecule has 0 bridgehead atoms. The zero-order chi connectivity index (χ0) is 9.99. The molecule has 12 heavy (non-hydrogen) atoms. The van der Waals surface area contributed by atoms with Crippen LogP contribution in [0.2, 0.25) is 0 Å². The Morgan fingerprint density at radius 2 is 1.83 bits per heavy atom. The molecule has 0 atom stereocenters. The molecule has 0 aromatic heterocycles. The quantitative estimate of drug-likeness (QED) is 0.428. The predicted octanol–water partition coefficient (Wildman–Crippen LogP) is -0.311. The highest BCUT2D eigenvalue weighted by Gasteiger charge is 2.40. The molecule has 0 radical (unpaired) electrons. The average molecular weight is 209 g/mol. The van der Waals surface area contributed by atoms with E-state index in [1.807, 2.05) is 0 Å². The standard InChI is InChI=1S/C2H3F3NO5P/c3-2(4,5)1(7)6-11-12(8,9)10/h(H,6,7)(H2,8,9,10). The third-order valence-corrected chi connectivity index (χ3v) is 0.844. The Balaban J connectivity index is 3.98. The molecule has 6 nitrogen and oxygen atoms in total. The Morgan fingerprint density at radius 1 is 1.42 bits per heavy atom. The van der Waals surface area contributed by atoms with E-state index in [9.17, 15) is 22.5 Å². The highest BCUT2D eigenvalue weighted by atomic mass is 31.2. The molecule has 0 spiro atoms. The van der Waals surface area contributed by atoms with Crippen molar-refractivity contribution in [1.29, 1.82) is 0 Å². The molecule has 0 aromatic carbocycles. The molecule has 0 saturated heterocycles.